The number of hydrogen-bond donors (Lipinski definition) is 0. The molecule has 1 fully saturated rings. The van der Waals surface area contributed by atoms with E-state index in [-0.39, 0.29) is 0 Å². The molecular formula is C21H24N2. The van der Waals surface area contributed by atoms with Crippen LogP contribution in [0, 0.1) is 17.2 Å². The summed E-state index contributed by atoms with van der Waals surface area (Å²) in [6, 6.07) is 14.7. The summed E-state index contributed by atoms with van der Waals surface area (Å²) in [6.45, 7) is 2.29. The molecule has 0 unspecified atom stereocenters. The molecule has 1 aliphatic carbocycles. The number of pyridine rings is 1. The third-order valence-electron chi connectivity index (χ3n) is 5.11. The first-order chi connectivity index (χ1) is 11.3. The van der Waals surface area contributed by atoms with E-state index in [1.807, 2.05) is 12.1 Å². The summed E-state index contributed by atoms with van der Waals surface area (Å²) < 4.78 is 0. The lowest BCUT2D eigenvalue weighted by molar-refractivity contribution is 0.308. The first-order valence-corrected chi connectivity index (χ1v) is 8.76. The molecule has 0 amide bonds. The molecule has 0 radical (unpaired) electrons. The molecule has 3 rings (SSSR count). The molecule has 1 aromatic carbocycles. The predicted molar refractivity (Wildman–Crippen MR) is 94.0 cm³/mol. The van der Waals surface area contributed by atoms with Crippen molar-refractivity contribution >= 4 is 0 Å². The van der Waals surface area contributed by atoms with E-state index >= 15 is 0 Å². The van der Waals surface area contributed by atoms with E-state index in [0.29, 0.717) is 5.56 Å². The van der Waals surface area contributed by atoms with E-state index in [9.17, 15) is 0 Å². The van der Waals surface area contributed by atoms with Crippen LogP contribution in [-0.2, 0) is 0 Å². The van der Waals surface area contributed by atoms with Crippen LogP contribution >= 0.6 is 0 Å². The largest absolute Gasteiger partial charge is 0.255 e. The molecule has 1 saturated carbocycles. The molecular weight excluding hydrogens is 280 g/mol. The molecule has 0 N–H and O–H groups in total. The van der Waals surface area contributed by atoms with E-state index in [0.717, 1.165) is 23.1 Å². The van der Waals surface area contributed by atoms with E-state index < -0.39 is 0 Å². The highest BCUT2D eigenvalue weighted by Crippen LogP contribution is 2.37. The van der Waals surface area contributed by atoms with Gasteiger partial charge in [0.15, 0.2) is 0 Å². The van der Waals surface area contributed by atoms with Gasteiger partial charge in [0.1, 0.15) is 6.07 Å². The maximum atomic E-state index is 8.84. The molecule has 118 valence electrons. The highest BCUT2D eigenvalue weighted by Gasteiger charge is 2.21. The van der Waals surface area contributed by atoms with Gasteiger partial charge in [-0.3, -0.25) is 4.98 Å². The average Bonchev–Trinajstić information content (AvgIpc) is 2.63. The second-order valence-electron chi connectivity index (χ2n) is 6.67. The highest BCUT2D eigenvalue weighted by atomic mass is 14.7. The Hall–Kier alpha value is -2.14. The maximum Gasteiger partial charge on any atom is 0.101 e. The van der Waals surface area contributed by atoms with E-state index in [1.54, 1.807) is 6.20 Å². The minimum atomic E-state index is 0.606. The van der Waals surface area contributed by atoms with Crippen molar-refractivity contribution in [2.24, 2.45) is 5.92 Å². The lowest BCUT2D eigenvalue weighted by atomic mass is 9.77. The minimum Gasteiger partial charge on any atom is -0.255 e. The fourth-order valence-corrected chi connectivity index (χ4v) is 3.75. The van der Waals surface area contributed by atoms with Gasteiger partial charge in [0.2, 0.25) is 0 Å². The van der Waals surface area contributed by atoms with Crippen LogP contribution < -0.4 is 0 Å². The summed E-state index contributed by atoms with van der Waals surface area (Å²) in [6.07, 6.45) is 9.79. The Morgan fingerprint density at radius 2 is 1.78 bits per heavy atom. The standard InChI is InChI=1S/C21H24N2/c1-2-3-16-4-7-18(8-5-16)19-9-11-20(12-10-19)21-13-6-17(14-22)15-23-21/h6,9-13,15-16,18H,2-5,7-8H2,1H3. The highest BCUT2D eigenvalue weighted by molar-refractivity contribution is 5.60. The molecule has 0 saturated heterocycles. The summed E-state index contributed by atoms with van der Waals surface area (Å²) in [5, 5.41) is 8.84. The van der Waals surface area contributed by atoms with Gasteiger partial charge in [-0.15, -0.1) is 0 Å². The topological polar surface area (TPSA) is 36.7 Å². The average molecular weight is 304 g/mol. The van der Waals surface area contributed by atoms with Gasteiger partial charge in [0.25, 0.3) is 0 Å². The van der Waals surface area contributed by atoms with Gasteiger partial charge < -0.3 is 0 Å². The summed E-state index contributed by atoms with van der Waals surface area (Å²) in [4.78, 5) is 4.37. The van der Waals surface area contributed by atoms with Gasteiger partial charge >= 0.3 is 0 Å². The van der Waals surface area contributed by atoms with Gasteiger partial charge in [-0.2, -0.15) is 5.26 Å². The van der Waals surface area contributed by atoms with Crippen molar-refractivity contribution in [1.82, 2.24) is 4.98 Å². The van der Waals surface area contributed by atoms with Crippen molar-refractivity contribution in [1.29, 1.82) is 5.26 Å². The first kappa shape index (κ1) is 15.7. The quantitative estimate of drug-likeness (QED) is 0.727. The lowest BCUT2D eigenvalue weighted by Gasteiger charge is -2.28. The van der Waals surface area contributed by atoms with Crippen molar-refractivity contribution in [3.8, 4) is 17.3 Å². The monoisotopic (exact) mass is 304 g/mol. The van der Waals surface area contributed by atoms with Crippen molar-refractivity contribution in [2.75, 3.05) is 0 Å². The van der Waals surface area contributed by atoms with Gasteiger partial charge in [-0.1, -0.05) is 44.0 Å². The van der Waals surface area contributed by atoms with E-state index in [4.69, 9.17) is 5.26 Å². The molecule has 2 heteroatoms. The molecule has 0 spiro atoms. The van der Waals surface area contributed by atoms with E-state index in [1.165, 1.54) is 44.1 Å². The van der Waals surface area contributed by atoms with Crippen LogP contribution in [0.1, 0.15) is 62.5 Å². The molecule has 0 atom stereocenters. The molecule has 0 bridgehead atoms. The van der Waals surface area contributed by atoms with Crippen LogP contribution in [0.4, 0.5) is 0 Å². The fraction of sp³-hybridized carbons (Fsp3) is 0.429. The fourth-order valence-electron chi connectivity index (χ4n) is 3.75. The van der Waals surface area contributed by atoms with Gasteiger partial charge in [0.05, 0.1) is 11.3 Å². The Bertz CT molecular complexity index is 656. The Balaban J connectivity index is 1.66. The van der Waals surface area contributed by atoms with Crippen molar-refractivity contribution in [3.05, 3.63) is 53.7 Å². The first-order valence-electron chi connectivity index (χ1n) is 8.76. The third-order valence-corrected chi connectivity index (χ3v) is 5.11. The Morgan fingerprint density at radius 3 is 2.35 bits per heavy atom. The Kier molecular flexibility index (Phi) is 5.08. The predicted octanol–water partition coefficient (Wildman–Crippen LogP) is 5.69. The maximum absolute atomic E-state index is 8.84. The normalized spacial score (nSPS) is 20.9. The van der Waals surface area contributed by atoms with Gasteiger partial charge in [-0.25, -0.2) is 0 Å². The van der Waals surface area contributed by atoms with Crippen LogP contribution in [-0.4, -0.2) is 4.98 Å². The molecule has 1 aromatic heterocycles. The second kappa shape index (κ2) is 7.42. The second-order valence-corrected chi connectivity index (χ2v) is 6.67. The number of nitriles is 1. The molecule has 1 heterocycles. The minimum absolute atomic E-state index is 0.606. The smallest absolute Gasteiger partial charge is 0.101 e. The van der Waals surface area contributed by atoms with Crippen molar-refractivity contribution in [3.63, 3.8) is 0 Å². The number of benzene rings is 1. The number of hydrogen-bond acceptors (Lipinski definition) is 2. The lowest BCUT2D eigenvalue weighted by Crippen LogP contribution is -2.13. The summed E-state index contributed by atoms with van der Waals surface area (Å²) in [5.41, 5.74) is 4.13. The summed E-state index contributed by atoms with van der Waals surface area (Å²) in [5.74, 6) is 1.68. The molecule has 1 aliphatic rings. The molecule has 23 heavy (non-hydrogen) atoms. The molecule has 2 aromatic rings. The Labute approximate surface area is 139 Å². The van der Waals surface area contributed by atoms with Crippen LogP contribution in [0.3, 0.4) is 0 Å². The van der Waals surface area contributed by atoms with E-state index in [2.05, 4.69) is 42.2 Å². The number of rotatable bonds is 4. The zero-order chi connectivity index (χ0) is 16.1. The SMILES string of the molecule is CCCC1CCC(c2ccc(-c3ccc(C#N)cn3)cc2)CC1. The molecule has 0 aliphatic heterocycles. The van der Waals surface area contributed by atoms with Gasteiger partial charge in [0, 0.05) is 11.8 Å². The number of aromatic nitrogens is 1. The Morgan fingerprint density at radius 1 is 1.04 bits per heavy atom. The third kappa shape index (κ3) is 3.79. The zero-order valence-electron chi connectivity index (χ0n) is 13.8. The van der Waals surface area contributed by atoms with Crippen LogP contribution in [0.25, 0.3) is 11.3 Å². The number of nitrogens with zero attached hydrogens (tertiary/aromatic N) is 2. The van der Waals surface area contributed by atoms with Crippen LogP contribution in [0.2, 0.25) is 0 Å². The zero-order valence-corrected chi connectivity index (χ0v) is 13.8. The summed E-state index contributed by atoms with van der Waals surface area (Å²) in [7, 11) is 0. The van der Waals surface area contributed by atoms with Crippen molar-refractivity contribution < 1.29 is 0 Å². The molecule has 2 nitrogen and oxygen atoms in total. The van der Waals surface area contributed by atoms with Crippen LogP contribution in [0.15, 0.2) is 42.6 Å². The van der Waals surface area contributed by atoms with Crippen molar-refractivity contribution in [2.45, 2.75) is 51.4 Å². The summed E-state index contributed by atoms with van der Waals surface area (Å²) >= 11 is 0. The van der Waals surface area contributed by atoms with Crippen LogP contribution in [0.5, 0.6) is 0 Å². The van der Waals surface area contributed by atoms with Gasteiger partial charge in [-0.05, 0) is 55.2 Å².